The number of ether oxygens (including phenoxy) is 2. The summed E-state index contributed by atoms with van der Waals surface area (Å²) in [6.45, 7) is 8.67. The van der Waals surface area contributed by atoms with Crippen molar-refractivity contribution in [3.8, 4) is 11.5 Å². The summed E-state index contributed by atoms with van der Waals surface area (Å²) in [5.41, 5.74) is 4.89. The maximum absolute atomic E-state index is 12.8. The van der Waals surface area contributed by atoms with E-state index in [1.165, 1.54) is 0 Å². The predicted molar refractivity (Wildman–Crippen MR) is 105 cm³/mol. The first-order chi connectivity index (χ1) is 13.5. The monoisotopic (exact) mass is 380 g/mol. The van der Waals surface area contributed by atoms with Crippen LogP contribution in [-0.2, 0) is 13.0 Å². The molecule has 1 unspecified atom stereocenters. The highest BCUT2D eigenvalue weighted by molar-refractivity contribution is 5.95. The molecule has 1 amide bonds. The summed E-state index contributed by atoms with van der Waals surface area (Å²) < 4.78 is 13.3. The number of benzene rings is 1. The molecular weight excluding hydrogens is 356 g/mol. The first-order valence-corrected chi connectivity index (χ1v) is 9.51. The lowest BCUT2D eigenvalue weighted by Crippen LogP contribution is -2.25. The van der Waals surface area contributed by atoms with Gasteiger partial charge in [-0.15, -0.1) is 0 Å². The van der Waals surface area contributed by atoms with Gasteiger partial charge in [-0.1, -0.05) is 0 Å². The van der Waals surface area contributed by atoms with E-state index >= 15 is 0 Å². The topological polar surface area (TPSA) is 77.8 Å². The van der Waals surface area contributed by atoms with Gasteiger partial charge in [0.25, 0.3) is 5.91 Å². The van der Waals surface area contributed by atoms with Gasteiger partial charge >= 0.3 is 0 Å². The van der Waals surface area contributed by atoms with Gasteiger partial charge in [0.05, 0.1) is 23.6 Å². The van der Waals surface area contributed by atoms with Crippen molar-refractivity contribution in [3.63, 3.8) is 0 Å². The summed E-state index contributed by atoms with van der Waals surface area (Å²) in [5.74, 6) is 1.45. The molecule has 1 aliphatic heterocycles. The minimum atomic E-state index is -0.197. The molecular formula is C21H24N4O3. The summed E-state index contributed by atoms with van der Waals surface area (Å²) in [5, 5.41) is 7.37. The zero-order valence-corrected chi connectivity index (χ0v) is 16.6. The molecule has 1 aliphatic rings. The number of carbonyl (C=O) groups is 1. The molecule has 4 rings (SSSR count). The van der Waals surface area contributed by atoms with Gasteiger partial charge in [-0.25, -0.2) is 9.50 Å². The van der Waals surface area contributed by atoms with Crippen molar-refractivity contribution in [2.75, 3.05) is 6.61 Å². The fraction of sp³-hybridized carbons (Fsp3) is 0.381. The van der Waals surface area contributed by atoms with Crippen molar-refractivity contribution in [1.82, 2.24) is 19.9 Å². The van der Waals surface area contributed by atoms with Gasteiger partial charge in [0.1, 0.15) is 17.6 Å². The van der Waals surface area contributed by atoms with E-state index in [9.17, 15) is 4.79 Å². The maximum Gasteiger partial charge on any atom is 0.254 e. The van der Waals surface area contributed by atoms with Crippen LogP contribution in [-0.4, -0.2) is 33.2 Å². The molecule has 0 aliphatic carbocycles. The summed E-state index contributed by atoms with van der Waals surface area (Å²) >= 11 is 0. The van der Waals surface area contributed by atoms with Gasteiger partial charge in [0.2, 0.25) is 0 Å². The summed E-state index contributed by atoms with van der Waals surface area (Å²) in [4.78, 5) is 17.1. The predicted octanol–water partition coefficient (Wildman–Crippen LogP) is 3.00. The zero-order valence-electron chi connectivity index (χ0n) is 16.6. The van der Waals surface area contributed by atoms with E-state index in [2.05, 4.69) is 15.4 Å². The Morgan fingerprint density at radius 1 is 1.36 bits per heavy atom. The van der Waals surface area contributed by atoms with Crippen LogP contribution < -0.4 is 14.8 Å². The lowest BCUT2D eigenvalue weighted by molar-refractivity contribution is 0.0949. The number of aryl methyl sites for hydroxylation is 2. The second-order valence-corrected chi connectivity index (χ2v) is 7.13. The molecule has 7 nitrogen and oxygen atoms in total. The molecule has 7 heteroatoms. The van der Waals surface area contributed by atoms with Gasteiger partial charge < -0.3 is 14.8 Å². The standard InChI is InChI=1S/C21H24N4O3/c1-5-27-18-8-15-7-13(3)28-19(15)9-16(18)10-23-21(26)17-11-22-20-6-12(2)24-25(20)14(17)4/h6,8-9,11,13H,5,7,10H2,1-4H3,(H,23,26). The SMILES string of the molecule is CCOc1cc2c(cc1CNC(=O)c1cnc3cc(C)nn3c1C)OC(C)C2. The van der Waals surface area contributed by atoms with Crippen molar-refractivity contribution >= 4 is 11.6 Å². The number of fused-ring (bicyclic) bond motifs is 2. The Hall–Kier alpha value is -3.09. The third kappa shape index (κ3) is 3.28. The number of aromatic nitrogens is 3. The number of hydrogen-bond acceptors (Lipinski definition) is 5. The molecule has 3 heterocycles. The Morgan fingerprint density at radius 2 is 2.18 bits per heavy atom. The van der Waals surface area contributed by atoms with E-state index in [1.54, 1.807) is 10.7 Å². The average Bonchev–Trinajstić information content (AvgIpc) is 3.21. The number of nitrogens with one attached hydrogen (secondary N) is 1. The molecule has 0 saturated heterocycles. The number of amides is 1. The van der Waals surface area contributed by atoms with Crippen LogP contribution in [0, 0.1) is 13.8 Å². The number of hydrogen-bond donors (Lipinski definition) is 1. The Morgan fingerprint density at radius 3 is 2.96 bits per heavy atom. The summed E-state index contributed by atoms with van der Waals surface area (Å²) in [6.07, 6.45) is 2.63. The van der Waals surface area contributed by atoms with Crippen LogP contribution in [0.4, 0.5) is 0 Å². The minimum Gasteiger partial charge on any atom is -0.494 e. The van der Waals surface area contributed by atoms with Gasteiger partial charge in [-0.2, -0.15) is 5.10 Å². The minimum absolute atomic E-state index is 0.160. The molecule has 1 aromatic carbocycles. The van der Waals surface area contributed by atoms with Crippen LogP contribution in [0.2, 0.25) is 0 Å². The van der Waals surface area contributed by atoms with Crippen LogP contribution in [0.1, 0.15) is 46.7 Å². The van der Waals surface area contributed by atoms with Gasteiger partial charge in [-0.05, 0) is 39.8 Å². The van der Waals surface area contributed by atoms with Crippen molar-refractivity contribution in [3.05, 3.63) is 52.5 Å². The smallest absolute Gasteiger partial charge is 0.254 e. The Kier molecular flexibility index (Phi) is 4.66. The largest absolute Gasteiger partial charge is 0.494 e. The zero-order chi connectivity index (χ0) is 19.8. The molecule has 3 aromatic rings. The van der Waals surface area contributed by atoms with Crippen molar-refractivity contribution in [2.24, 2.45) is 0 Å². The van der Waals surface area contributed by atoms with Crippen LogP contribution in [0.15, 0.2) is 24.4 Å². The molecule has 0 spiro atoms. The van der Waals surface area contributed by atoms with E-state index in [1.807, 2.05) is 45.9 Å². The van der Waals surface area contributed by atoms with Crippen molar-refractivity contribution < 1.29 is 14.3 Å². The second kappa shape index (κ2) is 7.14. The van der Waals surface area contributed by atoms with Crippen LogP contribution >= 0.6 is 0 Å². The highest BCUT2D eigenvalue weighted by Crippen LogP contribution is 2.35. The highest BCUT2D eigenvalue weighted by atomic mass is 16.5. The molecule has 146 valence electrons. The lowest BCUT2D eigenvalue weighted by Gasteiger charge is -2.14. The van der Waals surface area contributed by atoms with E-state index in [4.69, 9.17) is 9.47 Å². The summed E-state index contributed by atoms with van der Waals surface area (Å²) in [6, 6.07) is 5.87. The number of nitrogens with zero attached hydrogens (tertiary/aromatic N) is 3. The number of rotatable bonds is 5. The Balaban J connectivity index is 1.57. The van der Waals surface area contributed by atoms with E-state index in [0.717, 1.165) is 46.1 Å². The molecule has 1 atom stereocenters. The fourth-order valence-electron chi connectivity index (χ4n) is 3.57. The third-order valence-corrected chi connectivity index (χ3v) is 4.91. The molecule has 0 saturated carbocycles. The Bertz CT molecular complexity index is 1060. The first kappa shape index (κ1) is 18.3. The summed E-state index contributed by atoms with van der Waals surface area (Å²) in [7, 11) is 0. The lowest BCUT2D eigenvalue weighted by atomic mass is 10.1. The molecule has 1 N–H and O–H groups in total. The van der Waals surface area contributed by atoms with Crippen molar-refractivity contribution in [2.45, 2.75) is 46.8 Å². The van der Waals surface area contributed by atoms with E-state index in [-0.39, 0.29) is 12.0 Å². The Labute approximate surface area is 163 Å². The van der Waals surface area contributed by atoms with Crippen LogP contribution in [0.25, 0.3) is 5.65 Å². The average molecular weight is 380 g/mol. The van der Waals surface area contributed by atoms with E-state index < -0.39 is 0 Å². The third-order valence-electron chi connectivity index (χ3n) is 4.91. The highest BCUT2D eigenvalue weighted by Gasteiger charge is 2.22. The molecule has 0 bridgehead atoms. The second-order valence-electron chi connectivity index (χ2n) is 7.13. The molecule has 0 fully saturated rings. The first-order valence-electron chi connectivity index (χ1n) is 9.51. The number of carbonyl (C=O) groups excluding carboxylic acids is 1. The van der Waals surface area contributed by atoms with E-state index in [0.29, 0.717) is 18.7 Å². The normalized spacial score (nSPS) is 15.4. The maximum atomic E-state index is 12.8. The van der Waals surface area contributed by atoms with Gasteiger partial charge in [0, 0.05) is 36.4 Å². The van der Waals surface area contributed by atoms with Crippen molar-refractivity contribution in [1.29, 1.82) is 0 Å². The van der Waals surface area contributed by atoms with Gasteiger partial charge in [-0.3, -0.25) is 4.79 Å². The molecule has 0 radical (unpaired) electrons. The molecule has 2 aromatic heterocycles. The fourth-order valence-corrected chi connectivity index (χ4v) is 3.57. The van der Waals surface area contributed by atoms with Crippen LogP contribution in [0.3, 0.4) is 0 Å². The quantitative estimate of drug-likeness (QED) is 0.736. The molecule has 28 heavy (non-hydrogen) atoms. The van der Waals surface area contributed by atoms with Crippen LogP contribution in [0.5, 0.6) is 11.5 Å². The van der Waals surface area contributed by atoms with Gasteiger partial charge in [0.15, 0.2) is 5.65 Å².